The van der Waals surface area contributed by atoms with E-state index in [0.717, 1.165) is 55.6 Å². The second kappa shape index (κ2) is 6.44. The van der Waals surface area contributed by atoms with Crippen molar-refractivity contribution in [2.24, 2.45) is 11.3 Å². The lowest BCUT2D eigenvalue weighted by molar-refractivity contribution is -0.131. The zero-order chi connectivity index (χ0) is 18.5. The van der Waals surface area contributed by atoms with Crippen molar-refractivity contribution >= 4 is 27.5 Å². The maximum atomic E-state index is 13.0. The average molecular weight is 375 g/mol. The van der Waals surface area contributed by atoms with Crippen LogP contribution < -0.4 is 5.56 Å². The van der Waals surface area contributed by atoms with Crippen LogP contribution in [0.1, 0.15) is 50.5 Å². The van der Waals surface area contributed by atoms with Gasteiger partial charge < -0.3 is 4.90 Å². The van der Waals surface area contributed by atoms with Gasteiger partial charge in [-0.15, -0.1) is 16.4 Å². The zero-order valence-electron chi connectivity index (χ0n) is 15.7. The predicted octanol–water partition coefficient (Wildman–Crippen LogP) is 2.63. The second-order valence-corrected chi connectivity index (χ2v) is 9.71. The van der Waals surface area contributed by atoms with Crippen LogP contribution in [0, 0.1) is 11.3 Å². The zero-order valence-corrected chi connectivity index (χ0v) is 16.6. The molecule has 1 aliphatic heterocycles. The summed E-state index contributed by atoms with van der Waals surface area (Å²) in [7, 11) is 0. The number of amides is 1. The minimum atomic E-state index is -0.158. The molecule has 2 aromatic heterocycles. The van der Waals surface area contributed by atoms with Gasteiger partial charge in [-0.05, 0) is 49.0 Å². The Morgan fingerprint density at radius 1 is 1.27 bits per heavy atom. The number of thiophene rings is 1. The Morgan fingerprint density at radius 2 is 2.00 bits per heavy atom. The predicted molar refractivity (Wildman–Crippen MR) is 102 cm³/mol. The summed E-state index contributed by atoms with van der Waals surface area (Å²) in [5.74, 6) is 0.588. The van der Waals surface area contributed by atoms with E-state index in [1.54, 1.807) is 11.3 Å². The van der Waals surface area contributed by atoms with Gasteiger partial charge in [-0.2, -0.15) is 0 Å². The van der Waals surface area contributed by atoms with Crippen molar-refractivity contribution < 1.29 is 4.79 Å². The highest BCUT2D eigenvalue weighted by Crippen LogP contribution is 2.41. The molecule has 0 N–H and O–H groups in total. The van der Waals surface area contributed by atoms with E-state index in [0.29, 0.717) is 11.3 Å². The summed E-state index contributed by atoms with van der Waals surface area (Å²) in [5.41, 5.74) is 1.25. The minimum Gasteiger partial charge on any atom is -0.341 e. The molecule has 1 fully saturated rings. The fraction of sp³-hybridized carbons (Fsp3) is 0.684. The summed E-state index contributed by atoms with van der Waals surface area (Å²) in [6.07, 6.45) is 5.09. The van der Waals surface area contributed by atoms with Gasteiger partial charge in [-0.25, -0.2) is 4.68 Å². The van der Waals surface area contributed by atoms with Crippen LogP contribution in [0.25, 0.3) is 10.2 Å². The number of hydrogen-bond donors (Lipinski definition) is 0. The Labute approximate surface area is 157 Å². The molecule has 1 amide bonds. The average Bonchev–Trinajstić information content (AvgIpc) is 3.23. The first kappa shape index (κ1) is 17.6. The van der Waals surface area contributed by atoms with E-state index >= 15 is 0 Å². The fourth-order valence-electron chi connectivity index (χ4n) is 4.16. The van der Waals surface area contributed by atoms with Crippen molar-refractivity contribution in [2.75, 3.05) is 13.1 Å². The fourth-order valence-corrected chi connectivity index (χ4v) is 5.40. The Kier molecular flexibility index (Phi) is 4.37. The van der Waals surface area contributed by atoms with Gasteiger partial charge in [-0.1, -0.05) is 26.0 Å². The monoisotopic (exact) mass is 374 g/mol. The summed E-state index contributed by atoms with van der Waals surface area (Å²) in [6.45, 7) is 8.42. The lowest BCUT2D eigenvalue weighted by Gasteiger charge is -2.33. The van der Waals surface area contributed by atoms with Crippen molar-refractivity contribution in [3.63, 3.8) is 0 Å². The smallest absolute Gasteiger partial charge is 0.279 e. The van der Waals surface area contributed by atoms with Crippen LogP contribution >= 0.6 is 11.3 Å². The molecule has 140 valence electrons. The molecule has 0 saturated carbocycles. The Hall–Kier alpha value is -1.76. The van der Waals surface area contributed by atoms with Gasteiger partial charge >= 0.3 is 0 Å². The third-order valence-electron chi connectivity index (χ3n) is 5.91. The summed E-state index contributed by atoms with van der Waals surface area (Å²) in [5, 5.41) is 9.02. The third kappa shape index (κ3) is 3.06. The van der Waals surface area contributed by atoms with Crippen molar-refractivity contribution in [1.29, 1.82) is 0 Å². The number of aromatic nitrogens is 3. The highest BCUT2D eigenvalue weighted by atomic mass is 32.1. The molecule has 2 aromatic rings. The van der Waals surface area contributed by atoms with E-state index in [1.807, 2.05) is 4.90 Å². The second-order valence-electron chi connectivity index (χ2n) is 8.63. The molecule has 3 heterocycles. The van der Waals surface area contributed by atoms with Crippen LogP contribution in [-0.4, -0.2) is 38.9 Å². The van der Waals surface area contributed by atoms with Crippen LogP contribution in [0.15, 0.2) is 4.79 Å². The van der Waals surface area contributed by atoms with E-state index in [9.17, 15) is 9.59 Å². The quantitative estimate of drug-likeness (QED) is 0.810. The van der Waals surface area contributed by atoms with Crippen molar-refractivity contribution in [3.8, 4) is 0 Å². The highest BCUT2D eigenvalue weighted by Gasteiger charge is 2.32. The van der Waals surface area contributed by atoms with Gasteiger partial charge in [0, 0.05) is 18.0 Å². The summed E-state index contributed by atoms with van der Waals surface area (Å²) in [4.78, 5) is 29.2. The lowest BCUT2D eigenvalue weighted by atomic mass is 9.72. The Bertz CT molecular complexity index is 903. The summed E-state index contributed by atoms with van der Waals surface area (Å²) in [6, 6.07) is 0. The Balaban J connectivity index is 1.66. The van der Waals surface area contributed by atoms with Gasteiger partial charge in [0.1, 0.15) is 6.54 Å². The molecule has 0 radical (unpaired) electrons. The third-order valence-corrected chi connectivity index (χ3v) is 7.05. The standard InChI is InChI=1S/C19H26N4O2S/c1-19(2,3)12-6-7-13-14(10-12)26-17-16(13)18(25)23(21-20-17)11-15(24)22-8-4-5-9-22/h12H,4-11H2,1-3H3/t12-/m0/s1. The molecule has 0 bridgehead atoms. The van der Waals surface area contributed by atoms with E-state index in [1.165, 1.54) is 9.56 Å². The van der Waals surface area contributed by atoms with E-state index in [2.05, 4.69) is 31.1 Å². The normalized spacial score (nSPS) is 20.6. The van der Waals surface area contributed by atoms with E-state index in [4.69, 9.17) is 0 Å². The first-order valence-corrected chi connectivity index (χ1v) is 10.3. The van der Waals surface area contributed by atoms with Gasteiger partial charge in [0.2, 0.25) is 5.91 Å². The van der Waals surface area contributed by atoms with Crippen LogP contribution in [0.5, 0.6) is 0 Å². The molecule has 0 spiro atoms. The maximum absolute atomic E-state index is 13.0. The van der Waals surface area contributed by atoms with Crippen LogP contribution in [0.2, 0.25) is 0 Å². The number of carbonyl (C=O) groups is 1. The summed E-state index contributed by atoms with van der Waals surface area (Å²) < 4.78 is 1.26. The largest absolute Gasteiger partial charge is 0.341 e. The molecule has 1 aliphatic carbocycles. The molecule has 1 atom stereocenters. The van der Waals surface area contributed by atoms with Gasteiger partial charge in [0.25, 0.3) is 5.56 Å². The SMILES string of the molecule is CC(C)(C)[C@H]1CCc2c(sc3nnn(CC(=O)N4CCCC4)c(=O)c23)C1. The number of likely N-dealkylation sites (tertiary alicyclic amines) is 1. The molecule has 6 nitrogen and oxygen atoms in total. The van der Waals surface area contributed by atoms with Crippen LogP contribution in [-0.2, 0) is 24.2 Å². The molecular weight excluding hydrogens is 348 g/mol. The molecule has 2 aliphatic rings. The first-order valence-electron chi connectivity index (χ1n) is 9.50. The molecule has 0 aromatic carbocycles. The number of fused-ring (bicyclic) bond motifs is 3. The molecular formula is C19H26N4O2S. The van der Waals surface area contributed by atoms with Crippen molar-refractivity contribution in [3.05, 3.63) is 20.8 Å². The summed E-state index contributed by atoms with van der Waals surface area (Å²) >= 11 is 1.60. The number of rotatable bonds is 2. The maximum Gasteiger partial charge on any atom is 0.279 e. The molecule has 7 heteroatoms. The highest BCUT2D eigenvalue weighted by molar-refractivity contribution is 7.18. The topological polar surface area (TPSA) is 68.1 Å². The van der Waals surface area contributed by atoms with Crippen LogP contribution in [0.4, 0.5) is 0 Å². The van der Waals surface area contributed by atoms with Crippen molar-refractivity contribution in [2.45, 2.75) is 59.4 Å². The van der Waals surface area contributed by atoms with Crippen LogP contribution in [0.3, 0.4) is 0 Å². The lowest BCUT2D eigenvalue weighted by Crippen LogP contribution is -2.36. The number of aryl methyl sites for hydroxylation is 1. The molecule has 4 rings (SSSR count). The number of nitrogens with zero attached hydrogens (tertiary/aromatic N) is 4. The molecule has 0 unspecified atom stereocenters. The molecule has 1 saturated heterocycles. The van der Waals surface area contributed by atoms with Gasteiger partial charge in [-0.3, -0.25) is 9.59 Å². The van der Waals surface area contributed by atoms with Gasteiger partial charge in [0.05, 0.1) is 5.39 Å². The Morgan fingerprint density at radius 3 is 2.69 bits per heavy atom. The first-order chi connectivity index (χ1) is 12.3. The van der Waals surface area contributed by atoms with E-state index < -0.39 is 0 Å². The van der Waals surface area contributed by atoms with E-state index in [-0.39, 0.29) is 23.4 Å². The van der Waals surface area contributed by atoms with Crippen molar-refractivity contribution in [1.82, 2.24) is 19.9 Å². The van der Waals surface area contributed by atoms with Gasteiger partial charge in [0.15, 0.2) is 4.83 Å². The minimum absolute atomic E-state index is 0.00297. The number of hydrogen-bond acceptors (Lipinski definition) is 5. The molecule has 26 heavy (non-hydrogen) atoms. The number of carbonyl (C=O) groups excluding carboxylic acids is 1.